The molecule has 90 valence electrons. The second kappa shape index (κ2) is 3.21. The molecule has 0 spiro atoms. The molecule has 1 aliphatic carbocycles. The Morgan fingerprint density at radius 3 is 2.25 bits per heavy atom. The third-order valence-electron chi connectivity index (χ3n) is 5.76. The summed E-state index contributed by atoms with van der Waals surface area (Å²) in [7, 11) is 0. The summed E-state index contributed by atoms with van der Waals surface area (Å²) in [6.45, 7) is 6.35. The van der Waals surface area contributed by atoms with Gasteiger partial charge < -0.3 is 5.73 Å². The van der Waals surface area contributed by atoms with Crippen LogP contribution < -0.4 is 5.73 Å². The lowest BCUT2D eigenvalue weighted by atomic mass is 9.59. The van der Waals surface area contributed by atoms with Crippen LogP contribution in [-0.4, -0.2) is 48.7 Å². The maximum atomic E-state index is 6.63. The SMILES string of the molecule is NC1C2CN3CN(C2)CC1(C1CCCC1)C3. The molecule has 4 heterocycles. The fourth-order valence-electron chi connectivity index (χ4n) is 5.17. The average Bonchev–Trinajstić information content (AvgIpc) is 2.78. The molecule has 5 rings (SSSR count). The number of nitrogens with zero attached hydrogens (tertiary/aromatic N) is 2. The minimum Gasteiger partial charge on any atom is -0.327 e. The number of nitrogens with two attached hydrogens (primary N) is 1. The van der Waals surface area contributed by atoms with Crippen molar-refractivity contribution >= 4 is 0 Å². The van der Waals surface area contributed by atoms with Gasteiger partial charge in [0.05, 0.1) is 6.67 Å². The van der Waals surface area contributed by atoms with Gasteiger partial charge in [-0.25, -0.2) is 0 Å². The molecule has 4 saturated heterocycles. The first kappa shape index (κ1) is 9.86. The van der Waals surface area contributed by atoms with Gasteiger partial charge in [-0.05, 0) is 18.8 Å². The zero-order valence-electron chi connectivity index (χ0n) is 10.1. The van der Waals surface area contributed by atoms with Gasteiger partial charge in [0, 0.05) is 43.6 Å². The van der Waals surface area contributed by atoms with Crippen molar-refractivity contribution in [2.75, 3.05) is 32.8 Å². The molecule has 3 unspecified atom stereocenters. The Morgan fingerprint density at radius 1 is 1.00 bits per heavy atom. The molecule has 3 atom stereocenters. The monoisotopic (exact) mass is 221 g/mol. The highest BCUT2D eigenvalue weighted by Gasteiger charge is 2.57. The molecule has 16 heavy (non-hydrogen) atoms. The fraction of sp³-hybridized carbons (Fsp3) is 1.00. The fourth-order valence-corrected chi connectivity index (χ4v) is 5.17. The molecule has 2 N–H and O–H groups in total. The van der Waals surface area contributed by atoms with Gasteiger partial charge in [-0.3, -0.25) is 9.80 Å². The third kappa shape index (κ3) is 1.14. The van der Waals surface area contributed by atoms with Crippen LogP contribution in [0.15, 0.2) is 0 Å². The van der Waals surface area contributed by atoms with Crippen molar-refractivity contribution in [3.8, 4) is 0 Å². The highest BCUT2D eigenvalue weighted by Crippen LogP contribution is 2.51. The van der Waals surface area contributed by atoms with E-state index >= 15 is 0 Å². The van der Waals surface area contributed by atoms with E-state index in [1.54, 1.807) is 0 Å². The lowest BCUT2D eigenvalue weighted by Gasteiger charge is -2.64. The van der Waals surface area contributed by atoms with E-state index in [0.29, 0.717) is 11.5 Å². The zero-order valence-corrected chi connectivity index (χ0v) is 10.1. The Balaban J connectivity index is 1.70. The van der Waals surface area contributed by atoms with Gasteiger partial charge in [-0.15, -0.1) is 0 Å². The summed E-state index contributed by atoms with van der Waals surface area (Å²) in [5, 5.41) is 0. The standard InChI is InChI=1S/C13H23N3/c14-12-10-5-15-7-13(12,8-16(6-10)9-15)11-3-1-2-4-11/h10-12H,1-9,14H2. The third-order valence-corrected chi connectivity index (χ3v) is 5.76. The van der Waals surface area contributed by atoms with Crippen molar-refractivity contribution in [3.05, 3.63) is 0 Å². The molecule has 4 aliphatic heterocycles. The second-order valence-corrected chi connectivity index (χ2v) is 6.66. The molecule has 1 saturated carbocycles. The molecule has 3 nitrogen and oxygen atoms in total. The number of rotatable bonds is 1. The van der Waals surface area contributed by atoms with E-state index in [-0.39, 0.29) is 0 Å². The minimum atomic E-state index is 0.468. The van der Waals surface area contributed by atoms with Gasteiger partial charge in [0.15, 0.2) is 0 Å². The van der Waals surface area contributed by atoms with Gasteiger partial charge in [-0.2, -0.15) is 0 Å². The molecular weight excluding hydrogens is 198 g/mol. The maximum absolute atomic E-state index is 6.63. The predicted molar refractivity (Wildman–Crippen MR) is 63.9 cm³/mol. The summed E-state index contributed by atoms with van der Waals surface area (Å²) >= 11 is 0. The molecule has 5 aliphatic rings. The maximum Gasteiger partial charge on any atom is 0.0506 e. The normalized spacial score (nSPS) is 56.1. The van der Waals surface area contributed by atoms with Crippen LogP contribution in [0.2, 0.25) is 0 Å². The van der Waals surface area contributed by atoms with Gasteiger partial charge in [0.25, 0.3) is 0 Å². The minimum absolute atomic E-state index is 0.468. The summed E-state index contributed by atoms with van der Waals surface area (Å²) in [5.41, 5.74) is 7.10. The summed E-state index contributed by atoms with van der Waals surface area (Å²) in [4.78, 5) is 5.33. The van der Waals surface area contributed by atoms with Gasteiger partial charge in [0.1, 0.15) is 0 Å². The first-order valence-electron chi connectivity index (χ1n) is 6.98. The van der Waals surface area contributed by atoms with Crippen molar-refractivity contribution < 1.29 is 0 Å². The van der Waals surface area contributed by atoms with E-state index in [9.17, 15) is 0 Å². The lowest BCUT2D eigenvalue weighted by molar-refractivity contribution is -0.156. The van der Waals surface area contributed by atoms with Crippen molar-refractivity contribution in [1.82, 2.24) is 9.80 Å². The van der Waals surface area contributed by atoms with Crippen LogP contribution in [0.1, 0.15) is 25.7 Å². The second-order valence-electron chi connectivity index (χ2n) is 6.66. The quantitative estimate of drug-likeness (QED) is 0.708. The number of hydrogen-bond donors (Lipinski definition) is 1. The highest BCUT2D eigenvalue weighted by atomic mass is 15.4. The molecule has 0 radical (unpaired) electrons. The number of hydrogen-bond acceptors (Lipinski definition) is 3. The van der Waals surface area contributed by atoms with Crippen LogP contribution in [0.25, 0.3) is 0 Å². The van der Waals surface area contributed by atoms with Crippen LogP contribution >= 0.6 is 0 Å². The van der Waals surface area contributed by atoms with Gasteiger partial charge in [0.2, 0.25) is 0 Å². The van der Waals surface area contributed by atoms with E-state index in [2.05, 4.69) is 9.80 Å². The molecular formula is C13H23N3. The Hall–Kier alpha value is -0.120. The molecule has 0 aromatic heterocycles. The lowest BCUT2D eigenvalue weighted by Crippen LogP contribution is -2.76. The van der Waals surface area contributed by atoms with E-state index in [1.165, 1.54) is 58.5 Å². The van der Waals surface area contributed by atoms with Crippen LogP contribution in [-0.2, 0) is 0 Å². The smallest absolute Gasteiger partial charge is 0.0506 e. The van der Waals surface area contributed by atoms with Crippen molar-refractivity contribution in [2.24, 2.45) is 23.0 Å². The average molecular weight is 221 g/mol. The first-order chi connectivity index (χ1) is 7.78. The van der Waals surface area contributed by atoms with Crippen LogP contribution in [0.4, 0.5) is 0 Å². The Morgan fingerprint density at radius 2 is 1.62 bits per heavy atom. The van der Waals surface area contributed by atoms with Crippen molar-refractivity contribution in [2.45, 2.75) is 31.7 Å². The molecule has 3 heteroatoms. The summed E-state index contributed by atoms with van der Waals surface area (Å²) < 4.78 is 0. The highest BCUT2D eigenvalue weighted by molar-refractivity contribution is 5.11. The van der Waals surface area contributed by atoms with E-state index in [1.807, 2.05) is 0 Å². The summed E-state index contributed by atoms with van der Waals surface area (Å²) in [6.07, 6.45) is 5.79. The zero-order chi connectivity index (χ0) is 10.8. The van der Waals surface area contributed by atoms with Crippen LogP contribution in [0, 0.1) is 17.3 Å². The van der Waals surface area contributed by atoms with Gasteiger partial charge >= 0.3 is 0 Å². The van der Waals surface area contributed by atoms with E-state index in [4.69, 9.17) is 5.73 Å². The Bertz CT molecular complexity index is 280. The summed E-state index contributed by atoms with van der Waals surface area (Å²) in [6, 6.07) is 0.489. The molecule has 0 amide bonds. The molecule has 0 aromatic rings. The van der Waals surface area contributed by atoms with Crippen LogP contribution in [0.3, 0.4) is 0 Å². The van der Waals surface area contributed by atoms with Crippen LogP contribution in [0.5, 0.6) is 0 Å². The van der Waals surface area contributed by atoms with E-state index in [0.717, 1.165) is 11.8 Å². The Kier molecular flexibility index (Phi) is 1.98. The largest absolute Gasteiger partial charge is 0.327 e. The summed E-state index contributed by atoms with van der Waals surface area (Å²) in [5.74, 6) is 1.69. The molecule has 0 aromatic carbocycles. The Labute approximate surface area is 98.0 Å². The molecule has 4 bridgehead atoms. The topological polar surface area (TPSA) is 32.5 Å². The van der Waals surface area contributed by atoms with Crippen molar-refractivity contribution in [3.63, 3.8) is 0 Å². The van der Waals surface area contributed by atoms with E-state index < -0.39 is 0 Å². The molecule has 5 fully saturated rings. The first-order valence-corrected chi connectivity index (χ1v) is 6.98. The van der Waals surface area contributed by atoms with Gasteiger partial charge in [-0.1, -0.05) is 12.8 Å². The predicted octanol–water partition coefficient (Wildman–Crippen LogP) is 0.709. The van der Waals surface area contributed by atoms with Crippen molar-refractivity contribution in [1.29, 1.82) is 0 Å². The number of piperidine rings is 2.